The number of nitrogens with two attached hydrogens (primary N) is 1. The molecule has 2 rings (SSSR count). The Labute approximate surface area is 115 Å². The highest BCUT2D eigenvalue weighted by Gasteiger charge is 2.38. The van der Waals surface area contributed by atoms with Crippen LogP contribution in [0.25, 0.3) is 0 Å². The maximum atomic E-state index is 12.0. The van der Waals surface area contributed by atoms with Crippen molar-refractivity contribution in [2.45, 2.75) is 18.4 Å². The van der Waals surface area contributed by atoms with Crippen molar-refractivity contribution in [3.8, 4) is 0 Å². The molecule has 1 atom stereocenters. The lowest BCUT2D eigenvalue weighted by Crippen LogP contribution is -2.57. The van der Waals surface area contributed by atoms with Gasteiger partial charge < -0.3 is 16.0 Å². The predicted molar refractivity (Wildman–Crippen MR) is 76.6 cm³/mol. The first-order valence-corrected chi connectivity index (χ1v) is 6.81. The van der Waals surface area contributed by atoms with Crippen LogP contribution in [0.2, 0.25) is 0 Å². The van der Waals surface area contributed by atoms with Gasteiger partial charge in [-0.15, -0.1) is 0 Å². The first kappa shape index (κ1) is 14.0. The minimum Gasteiger partial charge on any atom is -0.368 e. The Morgan fingerprint density at radius 2 is 2.05 bits per heavy atom. The van der Waals surface area contributed by atoms with Gasteiger partial charge in [-0.3, -0.25) is 4.79 Å². The number of primary amides is 1. The van der Waals surface area contributed by atoms with Gasteiger partial charge in [0, 0.05) is 13.1 Å². The molecule has 0 spiro atoms. The fourth-order valence-corrected chi connectivity index (χ4v) is 2.59. The maximum absolute atomic E-state index is 12.0. The van der Waals surface area contributed by atoms with E-state index in [1.54, 1.807) is 7.05 Å². The van der Waals surface area contributed by atoms with E-state index in [9.17, 15) is 4.79 Å². The van der Waals surface area contributed by atoms with Crippen molar-refractivity contribution in [2.75, 3.05) is 27.2 Å². The Morgan fingerprint density at radius 3 is 2.53 bits per heavy atom. The van der Waals surface area contributed by atoms with E-state index in [-0.39, 0.29) is 5.91 Å². The van der Waals surface area contributed by atoms with Crippen molar-refractivity contribution in [3.05, 3.63) is 35.9 Å². The van der Waals surface area contributed by atoms with Crippen LogP contribution < -0.4 is 11.1 Å². The molecule has 1 fully saturated rings. The Bertz CT molecular complexity index is 430. The molecule has 0 bridgehead atoms. The molecule has 1 unspecified atom stereocenters. The van der Waals surface area contributed by atoms with Gasteiger partial charge in [0.2, 0.25) is 5.91 Å². The van der Waals surface area contributed by atoms with Crippen LogP contribution in [0.4, 0.5) is 0 Å². The second-order valence-corrected chi connectivity index (χ2v) is 5.53. The number of likely N-dealkylation sites (N-methyl/N-ethyl adjacent to an activating group) is 2. The summed E-state index contributed by atoms with van der Waals surface area (Å²) in [6.45, 7) is 1.63. The normalized spacial score (nSPS) is 18.3. The number of hydrogen-bond acceptors (Lipinski definition) is 3. The van der Waals surface area contributed by atoms with Crippen LogP contribution in [0.1, 0.15) is 18.4 Å². The van der Waals surface area contributed by atoms with Crippen LogP contribution in [-0.2, 0) is 10.3 Å². The minimum absolute atomic E-state index is 0.330. The van der Waals surface area contributed by atoms with Gasteiger partial charge in [0.05, 0.1) is 0 Å². The molecule has 4 heteroatoms. The standard InChI is InChI=1S/C15H23N3O/c1-17-15(14(16)19,13-6-4-3-5-7-13)11-18(2)10-12-8-9-12/h3-7,12,17H,8-11H2,1-2H3,(H2,16,19). The van der Waals surface area contributed by atoms with E-state index in [1.807, 2.05) is 30.3 Å². The van der Waals surface area contributed by atoms with E-state index in [4.69, 9.17) is 5.73 Å². The van der Waals surface area contributed by atoms with Gasteiger partial charge in [0.25, 0.3) is 0 Å². The van der Waals surface area contributed by atoms with Crippen molar-refractivity contribution in [2.24, 2.45) is 11.7 Å². The van der Waals surface area contributed by atoms with Gasteiger partial charge in [0.1, 0.15) is 5.54 Å². The largest absolute Gasteiger partial charge is 0.368 e. The van der Waals surface area contributed by atoms with E-state index in [2.05, 4.69) is 17.3 Å². The van der Waals surface area contributed by atoms with Gasteiger partial charge in [-0.25, -0.2) is 0 Å². The SMILES string of the molecule is CNC(CN(C)CC1CC1)(C(N)=O)c1ccccc1. The minimum atomic E-state index is -0.815. The summed E-state index contributed by atoms with van der Waals surface area (Å²) in [5.41, 5.74) is 5.79. The van der Waals surface area contributed by atoms with E-state index >= 15 is 0 Å². The molecule has 1 aromatic carbocycles. The summed E-state index contributed by atoms with van der Waals surface area (Å²) in [5.74, 6) is 0.465. The molecule has 0 heterocycles. The molecule has 19 heavy (non-hydrogen) atoms. The average molecular weight is 261 g/mol. The zero-order chi connectivity index (χ0) is 13.9. The van der Waals surface area contributed by atoms with Gasteiger partial charge in [0.15, 0.2) is 0 Å². The molecule has 1 aliphatic carbocycles. The summed E-state index contributed by atoms with van der Waals surface area (Å²) in [7, 11) is 3.85. The van der Waals surface area contributed by atoms with Crippen LogP contribution in [0.3, 0.4) is 0 Å². The number of nitrogens with one attached hydrogen (secondary N) is 1. The topological polar surface area (TPSA) is 58.4 Å². The number of carbonyl (C=O) groups excluding carboxylic acids is 1. The third-order valence-corrected chi connectivity index (χ3v) is 3.89. The molecule has 3 N–H and O–H groups in total. The summed E-state index contributed by atoms with van der Waals surface area (Å²) in [6.07, 6.45) is 2.61. The van der Waals surface area contributed by atoms with Gasteiger partial charge in [-0.1, -0.05) is 30.3 Å². The molecule has 1 aliphatic rings. The van der Waals surface area contributed by atoms with Crippen LogP contribution in [-0.4, -0.2) is 38.0 Å². The van der Waals surface area contributed by atoms with Crippen LogP contribution in [0.5, 0.6) is 0 Å². The molecule has 1 saturated carbocycles. The summed E-state index contributed by atoms with van der Waals surface area (Å²) >= 11 is 0. The average Bonchev–Trinajstić information content (AvgIpc) is 3.20. The molecule has 1 amide bonds. The van der Waals surface area contributed by atoms with E-state index < -0.39 is 5.54 Å². The summed E-state index contributed by atoms with van der Waals surface area (Å²) < 4.78 is 0. The number of nitrogens with zero attached hydrogens (tertiary/aromatic N) is 1. The van der Waals surface area contributed by atoms with Gasteiger partial charge in [-0.2, -0.15) is 0 Å². The van der Waals surface area contributed by atoms with Crippen molar-refractivity contribution in [1.29, 1.82) is 0 Å². The maximum Gasteiger partial charge on any atom is 0.243 e. The Balaban J connectivity index is 2.20. The fourth-order valence-electron chi connectivity index (χ4n) is 2.59. The fraction of sp³-hybridized carbons (Fsp3) is 0.533. The van der Waals surface area contributed by atoms with E-state index in [0.717, 1.165) is 18.0 Å². The molecule has 0 aliphatic heterocycles. The van der Waals surface area contributed by atoms with E-state index in [0.29, 0.717) is 6.54 Å². The lowest BCUT2D eigenvalue weighted by molar-refractivity contribution is -0.125. The first-order chi connectivity index (χ1) is 9.08. The number of benzene rings is 1. The number of rotatable bonds is 7. The number of carbonyl (C=O) groups is 1. The zero-order valence-corrected chi connectivity index (χ0v) is 11.7. The molecule has 104 valence electrons. The smallest absolute Gasteiger partial charge is 0.243 e. The highest BCUT2D eigenvalue weighted by molar-refractivity contribution is 5.86. The zero-order valence-electron chi connectivity index (χ0n) is 11.7. The molecular formula is C15H23N3O. The molecule has 0 saturated heterocycles. The summed E-state index contributed by atoms with van der Waals surface area (Å²) in [4.78, 5) is 14.2. The van der Waals surface area contributed by atoms with Crippen LogP contribution in [0.15, 0.2) is 30.3 Å². The Kier molecular flexibility index (Phi) is 4.22. The quantitative estimate of drug-likeness (QED) is 0.767. The molecular weight excluding hydrogens is 238 g/mol. The second kappa shape index (κ2) is 5.72. The number of amides is 1. The van der Waals surface area contributed by atoms with Crippen molar-refractivity contribution < 1.29 is 4.79 Å². The predicted octanol–water partition coefficient (Wildman–Crippen LogP) is 0.928. The highest BCUT2D eigenvalue weighted by atomic mass is 16.1. The summed E-state index contributed by atoms with van der Waals surface area (Å²) in [6, 6.07) is 9.72. The van der Waals surface area contributed by atoms with Gasteiger partial charge >= 0.3 is 0 Å². The number of hydrogen-bond donors (Lipinski definition) is 2. The second-order valence-electron chi connectivity index (χ2n) is 5.53. The molecule has 1 aromatic rings. The van der Waals surface area contributed by atoms with Crippen LogP contribution >= 0.6 is 0 Å². The molecule has 4 nitrogen and oxygen atoms in total. The summed E-state index contributed by atoms with van der Waals surface area (Å²) in [5, 5.41) is 3.14. The van der Waals surface area contributed by atoms with Crippen molar-refractivity contribution >= 4 is 5.91 Å². The van der Waals surface area contributed by atoms with Crippen molar-refractivity contribution in [3.63, 3.8) is 0 Å². The van der Waals surface area contributed by atoms with Gasteiger partial charge in [-0.05, 0) is 38.4 Å². The Hall–Kier alpha value is -1.39. The Morgan fingerprint density at radius 1 is 1.42 bits per heavy atom. The van der Waals surface area contributed by atoms with E-state index in [1.165, 1.54) is 12.8 Å². The third-order valence-electron chi connectivity index (χ3n) is 3.89. The lowest BCUT2D eigenvalue weighted by Gasteiger charge is -2.34. The van der Waals surface area contributed by atoms with Crippen molar-refractivity contribution in [1.82, 2.24) is 10.2 Å². The van der Waals surface area contributed by atoms with Crippen LogP contribution in [0, 0.1) is 5.92 Å². The third kappa shape index (κ3) is 3.14. The molecule has 0 radical (unpaired) electrons. The highest BCUT2D eigenvalue weighted by Crippen LogP contribution is 2.30. The monoisotopic (exact) mass is 261 g/mol. The lowest BCUT2D eigenvalue weighted by atomic mass is 9.88. The molecule has 0 aromatic heterocycles. The first-order valence-electron chi connectivity index (χ1n) is 6.81.